The number of halogens is 3. The molecule has 2 fully saturated rings. The lowest BCUT2D eigenvalue weighted by Crippen LogP contribution is -2.44. The monoisotopic (exact) mass is 347 g/mol. The molecule has 1 atom stereocenters. The number of rotatable bonds is 2. The van der Waals surface area contributed by atoms with E-state index in [1.165, 1.54) is 19.3 Å². The molecule has 1 unspecified atom stereocenters. The van der Waals surface area contributed by atoms with Crippen LogP contribution in [0, 0.1) is 0 Å². The van der Waals surface area contributed by atoms with Crippen LogP contribution in [-0.2, 0) is 4.74 Å². The van der Waals surface area contributed by atoms with Gasteiger partial charge in [0.2, 0.25) is 0 Å². The second kappa shape index (κ2) is 8.96. The third-order valence-electron chi connectivity index (χ3n) is 4.21. The molecule has 24 heavy (non-hydrogen) atoms. The van der Waals surface area contributed by atoms with Crippen molar-refractivity contribution in [2.24, 2.45) is 0 Å². The van der Waals surface area contributed by atoms with Gasteiger partial charge in [-0.3, -0.25) is 4.79 Å². The molecule has 0 aromatic carbocycles. The normalized spacial score (nSPS) is 21.5. The van der Waals surface area contributed by atoms with E-state index in [0.29, 0.717) is 6.04 Å². The molecule has 0 aliphatic carbocycles. The number of alkyl halides is 3. The maximum atomic E-state index is 12.0. The van der Waals surface area contributed by atoms with Crippen LogP contribution >= 0.6 is 0 Å². The van der Waals surface area contributed by atoms with Gasteiger partial charge in [0, 0.05) is 43.5 Å². The van der Waals surface area contributed by atoms with E-state index in [1.807, 2.05) is 0 Å². The van der Waals surface area contributed by atoms with Gasteiger partial charge in [-0.15, -0.1) is 0 Å². The Morgan fingerprint density at radius 1 is 1.17 bits per heavy atom. The van der Waals surface area contributed by atoms with Crippen LogP contribution in [0.1, 0.15) is 26.2 Å². The first-order chi connectivity index (χ1) is 11.5. The summed E-state index contributed by atoms with van der Waals surface area (Å²) in [6.07, 6.45) is 3.71. The highest BCUT2D eigenvalue weighted by molar-refractivity contribution is 5.56. The molecular weight excluding hydrogens is 323 g/mol. The summed E-state index contributed by atoms with van der Waals surface area (Å²) in [5, 5.41) is 0. The Hall–Kier alpha value is -1.70. The lowest BCUT2D eigenvalue weighted by Gasteiger charge is -2.36. The molecule has 1 N–H and O–H groups in total. The number of hydrogen-bond donors (Lipinski definition) is 1. The van der Waals surface area contributed by atoms with Crippen LogP contribution in [0.2, 0.25) is 0 Å². The van der Waals surface area contributed by atoms with Crippen molar-refractivity contribution in [3.05, 3.63) is 22.5 Å². The topological polar surface area (TPSA) is 48.6 Å². The summed E-state index contributed by atoms with van der Waals surface area (Å²) >= 11 is 0. The highest BCUT2D eigenvalue weighted by atomic mass is 19.4. The fraction of sp³-hybridized carbons (Fsp3) is 0.688. The molecule has 5 nitrogen and oxygen atoms in total. The molecule has 1 aromatic heterocycles. The molecule has 0 spiro atoms. The number of hydrogen-bond acceptors (Lipinski definition) is 4. The van der Waals surface area contributed by atoms with Crippen molar-refractivity contribution in [1.82, 2.24) is 4.98 Å². The first-order valence-corrected chi connectivity index (χ1v) is 8.23. The summed E-state index contributed by atoms with van der Waals surface area (Å²) in [7, 11) is 0. The maximum absolute atomic E-state index is 12.0. The van der Waals surface area contributed by atoms with Gasteiger partial charge >= 0.3 is 6.68 Å². The summed E-state index contributed by atoms with van der Waals surface area (Å²) in [5.41, 5.74) is 1.01. The average molecular weight is 347 g/mol. The molecule has 1 aromatic rings. The standard InChI is InChI=1S/C15H23N3O2.CHF3/c1-12-11-20-8-7-18(12)13-9-14(16-15(19)10-13)17-5-3-2-4-6-17;2-1(3)4/h9-10,12H,2-8,11H2,1H3,(H,16,19);1H. The number of morpholine rings is 1. The third kappa shape index (κ3) is 5.43. The van der Waals surface area contributed by atoms with E-state index in [-0.39, 0.29) is 5.56 Å². The van der Waals surface area contributed by atoms with E-state index in [2.05, 4.69) is 27.8 Å². The molecule has 0 amide bonds. The summed E-state index contributed by atoms with van der Waals surface area (Å²) in [4.78, 5) is 19.5. The molecule has 3 rings (SSSR count). The van der Waals surface area contributed by atoms with E-state index in [4.69, 9.17) is 4.74 Å². The van der Waals surface area contributed by atoms with Gasteiger partial charge in [0.15, 0.2) is 0 Å². The first kappa shape index (κ1) is 18.6. The number of anilines is 2. The summed E-state index contributed by atoms with van der Waals surface area (Å²) < 4.78 is 34.5. The van der Waals surface area contributed by atoms with Crippen molar-refractivity contribution < 1.29 is 17.9 Å². The second-order valence-corrected chi connectivity index (χ2v) is 6.00. The molecule has 0 bridgehead atoms. The number of nitrogens with one attached hydrogen (secondary N) is 1. The zero-order chi connectivity index (χ0) is 17.5. The number of piperidine rings is 1. The predicted molar refractivity (Wildman–Crippen MR) is 87.9 cm³/mol. The molecule has 136 valence electrons. The van der Waals surface area contributed by atoms with Gasteiger partial charge in [0.1, 0.15) is 5.82 Å². The van der Waals surface area contributed by atoms with E-state index < -0.39 is 6.68 Å². The van der Waals surface area contributed by atoms with Gasteiger partial charge < -0.3 is 19.5 Å². The van der Waals surface area contributed by atoms with Gasteiger partial charge in [-0.25, -0.2) is 0 Å². The van der Waals surface area contributed by atoms with Crippen molar-refractivity contribution >= 4 is 11.5 Å². The molecule has 0 radical (unpaired) electrons. The molecule has 2 aliphatic heterocycles. The van der Waals surface area contributed by atoms with Crippen LogP contribution in [0.4, 0.5) is 24.7 Å². The molecule has 0 saturated carbocycles. The average Bonchev–Trinajstić information content (AvgIpc) is 2.55. The van der Waals surface area contributed by atoms with Crippen LogP contribution in [0.5, 0.6) is 0 Å². The highest BCUT2D eigenvalue weighted by Gasteiger charge is 2.21. The minimum Gasteiger partial charge on any atom is -0.377 e. The van der Waals surface area contributed by atoms with Crippen LogP contribution < -0.4 is 15.4 Å². The summed E-state index contributed by atoms with van der Waals surface area (Å²) in [6, 6.07) is 4.14. The summed E-state index contributed by atoms with van der Waals surface area (Å²) in [5.74, 6) is 0.964. The van der Waals surface area contributed by atoms with Crippen LogP contribution in [-0.4, -0.2) is 50.6 Å². The largest absolute Gasteiger partial charge is 0.379 e. The molecule has 2 saturated heterocycles. The Morgan fingerprint density at radius 3 is 2.46 bits per heavy atom. The van der Waals surface area contributed by atoms with Gasteiger partial charge in [-0.2, -0.15) is 13.2 Å². The van der Waals surface area contributed by atoms with E-state index in [9.17, 15) is 18.0 Å². The Balaban J connectivity index is 0.000000471. The Kier molecular flexibility index (Phi) is 6.96. The van der Waals surface area contributed by atoms with Crippen molar-refractivity contribution in [2.45, 2.75) is 38.9 Å². The molecule has 8 heteroatoms. The number of pyridine rings is 1. The number of ether oxygens (including phenoxy) is 1. The van der Waals surface area contributed by atoms with Gasteiger partial charge in [0.05, 0.1) is 13.2 Å². The van der Waals surface area contributed by atoms with Crippen molar-refractivity contribution in [3.8, 4) is 0 Å². The van der Waals surface area contributed by atoms with E-state index >= 15 is 0 Å². The van der Waals surface area contributed by atoms with Crippen LogP contribution in [0.3, 0.4) is 0 Å². The fourth-order valence-electron chi connectivity index (χ4n) is 3.10. The number of H-pyrrole nitrogens is 1. The van der Waals surface area contributed by atoms with Crippen molar-refractivity contribution in [3.63, 3.8) is 0 Å². The highest BCUT2D eigenvalue weighted by Crippen LogP contribution is 2.23. The van der Waals surface area contributed by atoms with Gasteiger partial charge in [-0.1, -0.05) is 0 Å². The number of nitrogens with zero attached hydrogens (tertiary/aromatic N) is 2. The predicted octanol–water partition coefficient (Wildman–Crippen LogP) is 2.77. The number of aromatic nitrogens is 1. The Bertz CT molecular complexity index is 559. The SMILES string of the molecule is CC1COCCN1c1cc(N2CCCCC2)[nH]c(=O)c1.FC(F)F. The zero-order valence-corrected chi connectivity index (χ0v) is 13.8. The fourth-order valence-corrected chi connectivity index (χ4v) is 3.10. The summed E-state index contributed by atoms with van der Waals surface area (Å²) in [6.45, 7) is 2.86. The van der Waals surface area contributed by atoms with E-state index in [0.717, 1.165) is 44.4 Å². The third-order valence-corrected chi connectivity index (χ3v) is 4.21. The van der Waals surface area contributed by atoms with Crippen molar-refractivity contribution in [1.29, 1.82) is 0 Å². The Morgan fingerprint density at radius 2 is 1.83 bits per heavy atom. The molecule has 3 heterocycles. The second-order valence-electron chi connectivity index (χ2n) is 6.00. The number of aromatic amines is 1. The minimum atomic E-state index is -3.67. The molecular formula is C16H24F3N3O2. The van der Waals surface area contributed by atoms with E-state index in [1.54, 1.807) is 6.07 Å². The lowest BCUT2D eigenvalue weighted by molar-refractivity contribution is 0.00819. The lowest BCUT2D eigenvalue weighted by atomic mass is 10.1. The zero-order valence-electron chi connectivity index (χ0n) is 13.8. The molecule has 2 aliphatic rings. The van der Waals surface area contributed by atoms with Crippen LogP contribution in [0.25, 0.3) is 0 Å². The van der Waals surface area contributed by atoms with Gasteiger partial charge in [0.25, 0.3) is 5.56 Å². The smallest absolute Gasteiger partial charge is 0.377 e. The maximum Gasteiger partial charge on any atom is 0.379 e. The first-order valence-electron chi connectivity index (χ1n) is 8.23. The van der Waals surface area contributed by atoms with Gasteiger partial charge in [-0.05, 0) is 26.2 Å². The quantitative estimate of drug-likeness (QED) is 0.894. The minimum absolute atomic E-state index is 0.0123. The van der Waals surface area contributed by atoms with Crippen LogP contribution in [0.15, 0.2) is 16.9 Å². The van der Waals surface area contributed by atoms with Crippen molar-refractivity contribution in [2.75, 3.05) is 42.6 Å². The Labute approximate surface area is 139 Å².